The van der Waals surface area contributed by atoms with Crippen LogP contribution in [0, 0.1) is 11.8 Å². The van der Waals surface area contributed by atoms with E-state index in [2.05, 4.69) is 45.1 Å². The smallest absolute Gasteiger partial charge is 0.227 e. The van der Waals surface area contributed by atoms with E-state index in [4.69, 9.17) is 0 Å². The zero-order valence-electron chi connectivity index (χ0n) is 15.0. The van der Waals surface area contributed by atoms with Crippen molar-refractivity contribution >= 4 is 47.7 Å². The standard InChI is InChI=1S/C18H24N4OS.2ClH/c1-13(15-7-19-8-15)18(23)21-16-5-3-4-14(6-16)9-22(2)10-17-11-24-12-20-17;;/h3-6,11-13,15,19H,7-10H2,1-2H3,(H,21,23);2*1H. The second-order valence-electron chi connectivity index (χ2n) is 6.55. The van der Waals surface area contributed by atoms with Gasteiger partial charge in [-0.3, -0.25) is 9.69 Å². The Kier molecular flexibility index (Phi) is 9.54. The lowest BCUT2D eigenvalue weighted by atomic mass is 9.88. The molecule has 1 aromatic carbocycles. The van der Waals surface area contributed by atoms with Gasteiger partial charge in [0.1, 0.15) is 0 Å². The molecule has 1 atom stereocenters. The van der Waals surface area contributed by atoms with Gasteiger partial charge in [-0.1, -0.05) is 19.1 Å². The lowest BCUT2D eigenvalue weighted by molar-refractivity contribution is -0.121. The van der Waals surface area contributed by atoms with Crippen LogP contribution in [0.3, 0.4) is 0 Å². The van der Waals surface area contributed by atoms with Gasteiger partial charge in [-0.05, 0) is 43.8 Å². The maximum absolute atomic E-state index is 12.3. The number of hydrogen-bond acceptors (Lipinski definition) is 5. The van der Waals surface area contributed by atoms with Crippen molar-refractivity contribution in [3.05, 3.63) is 46.4 Å². The van der Waals surface area contributed by atoms with Crippen molar-refractivity contribution in [2.75, 3.05) is 25.5 Å². The molecule has 2 aromatic rings. The third kappa shape index (κ3) is 6.21. The van der Waals surface area contributed by atoms with E-state index in [1.807, 2.05) is 24.6 Å². The molecule has 0 aliphatic carbocycles. The molecule has 2 heterocycles. The SMILES string of the molecule is CC(C(=O)Nc1cccc(CN(C)Cc2cscn2)c1)C1CNC1.Cl.Cl. The van der Waals surface area contributed by atoms with Gasteiger partial charge >= 0.3 is 0 Å². The first-order valence-corrected chi connectivity index (χ1v) is 9.22. The highest BCUT2D eigenvalue weighted by Crippen LogP contribution is 2.19. The van der Waals surface area contributed by atoms with Crippen molar-refractivity contribution in [3.63, 3.8) is 0 Å². The number of halogens is 2. The van der Waals surface area contributed by atoms with E-state index in [0.717, 1.165) is 37.6 Å². The Hall–Kier alpha value is -1.18. The Labute approximate surface area is 171 Å². The molecule has 0 spiro atoms. The summed E-state index contributed by atoms with van der Waals surface area (Å²) >= 11 is 1.62. The molecule has 1 amide bonds. The first-order valence-electron chi connectivity index (χ1n) is 8.28. The minimum Gasteiger partial charge on any atom is -0.326 e. The van der Waals surface area contributed by atoms with Gasteiger partial charge in [-0.25, -0.2) is 4.98 Å². The van der Waals surface area contributed by atoms with Gasteiger partial charge < -0.3 is 10.6 Å². The van der Waals surface area contributed by atoms with Crippen molar-refractivity contribution in [2.24, 2.45) is 11.8 Å². The second kappa shape index (κ2) is 10.8. The third-order valence-corrected chi connectivity index (χ3v) is 5.13. The van der Waals surface area contributed by atoms with Crippen LogP contribution in [0.25, 0.3) is 0 Å². The molecule has 26 heavy (non-hydrogen) atoms. The predicted molar refractivity (Wildman–Crippen MR) is 112 cm³/mol. The maximum atomic E-state index is 12.3. The molecule has 0 bridgehead atoms. The summed E-state index contributed by atoms with van der Waals surface area (Å²) in [6.07, 6.45) is 0. The number of thiazole rings is 1. The highest BCUT2D eigenvalue weighted by atomic mass is 35.5. The quantitative estimate of drug-likeness (QED) is 0.725. The van der Waals surface area contributed by atoms with Crippen molar-refractivity contribution < 1.29 is 4.79 Å². The molecular formula is C18H26Cl2N4OS. The summed E-state index contributed by atoms with van der Waals surface area (Å²) in [6, 6.07) is 8.10. The molecule has 144 valence electrons. The van der Waals surface area contributed by atoms with Gasteiger partial charge in [0, 0.05) is 30.1 Å². The van der Waals surface area contributed by atoms with Crippen LogP contribution in [0.4, 0.5) is 5.69 Å². The summed E-state index contributed by atoms with van der Waals surface area (Å²) in [5.41, 5.74) is 5.01. The highest BCUT2D eigenvalue weighted by molar-refractivity contribution is 7.07. The number of carbonyl (C=O) groups excluding carboxylic acids is 1. The van der Waals surface area contributed by atoms with Gasteiger partial charge in [-0.15, -0.1) is 36.2 Å². The summed E-state index contributed by atoms with van der Waals surface area (Å²) in [4.78, 5) is 18.9. The summed E-state index contributed by atoms with van der Waals surface area (Å²) in [5, 5.41) is 8.35. The minimum atomic E-state index is 0. The van der Waals surface area contributed by atoms with E-state index in [-0.39, 0.29) is 36.6 Å². The Balaban J connectivity index is 0.00000169. The normalized spacial score (nSPS) is 14.7. The molecule has 1 unspecified atom stereocenters. The average molecular weight is 417 g/mol. The Morgan fingerprint density at radius 2 is 2.15 bits per heavy atom. The lowest BCUT2D eigenvalue weighted by Gasteiger charge is -2.31. The Morgan fingerprint density at radius 1 is 1.38 bits per heavy atom. The summed E-state index contributed by atoms with van der Waals surface area (Å²) in [6.45, 7) is 5.54. The molecule has 0 saturated carbocycles. The predicted octanol–water partition coefficient (Wildman–Crippen LogP) is 3.41. The fourth-order valence-corrected chi connectivity index (χ4v) is 3.39. The molecule has 1 saturated heterocycles. The zero-order valence-corrected chi connectivity index (χ0v) is 17.4. The van der Waals surface area contributed by atoms with Crippen molar-refractivity contribution in [1.82, 2.24) is 15.2 Å². The third-order valence-electron chi connectivity index (χ3n) is 4.50. The molecule has 1 aromatic heterocycles. The second-order valence-corrected chi connectivity index (χ2v) is 7.27. The molecular weight excluding hydrogens is 391 g/mol. The number of amides is 1. The molecule has 1 fully saturated rings. The Morgan fingerprint density at radius 3 is 2.77 bits per heavy atom. The van der Waals surface area contributed by atoms with Crippen LogP contribution in [0.2, 0.25) is 0 Å². The van der Waals surface area contributed by atoms with E-state index in [9.17, 15) is 4.79 Å². The minimum absolute atomic E-state index is 0. The molecule has 8 heteroatoms. The summed E-state index contributed by atoms with van der Waals surface area (Å²) in [7, 11) is 2.08. The molecule has 5 nitrogen and oxygen atoms in total. The number of nitrogens with zero attached hydrogens (tertiary/aromatic N) is 2. The van der Waals surface area contributed by atoms with Crippen LogP contribution in [-0.2, 0) is 17.9 Å². The van der Waals surface area contributed by atoms with Crippen molar-refractivity contribution in [2.45, 2.75) is 20.0 Å². The van der Waals surface area contributed by atoms with E-state index < -0.39 is 0 Å². The number of aromatic nitrogens is 1. The highest BCUT2D eigenvalue weighted by Gasteiger charge is 2.28. The van der Waals surface area contributed by atoms with Gasteiger partial charge in [0.25, 0.3) is 0 Å². The number of rotatable bonds is 7. The van der Waals surface area contributed by atoms with E-state index >= 15 is 0 Å². The average Bonchev–Trinajstić information content (AvgIpc) is 2.98. The van der Waals surface area contributed by atoms with Crippen LogP contribution in [-0.4, -0.2) is 35.9 Å². The summed E-state index contributed by atoms with van der Waals surface area (Å²) < 4.78 is 0. The van der Waals surface area contributed by atoms with Crippen LogP contribution >= 0.6 is 36.2 Å². The van der Waals surface area contributed by atoms with Gasteiger partial charge in [0.2, 0.25) is 5.91 Å². The number of carbonyl (C=O) groups is 1. The zero-order chi connectivity index (χ0) is 16.9. The topological polar surface area (TPSA) is 57.3 Å². The fourth-order valence-electron chi connectivity index (χ4n) is 2.84. The van der Waals surface area contributed by atoms with Crippen LogP contribution in [0.1, 0.15) is 18.2 Å². The van der Waals surface area contributed by atoms with Gasteiger partial charge in [0.15, 0.2) is 0 Å². The summed E-state index contributed by atoms with van der Waals surface area (Å²) in [5.74, 6) is 0.606. The maximum Gasteiger partial charge on any atom is 0.227 e. The molecule has 2 N–H and O–H groups in total. The molecule has 1 aliphatic rings. The van der Waals surface area contributed by atoms with Gasteiger partial charge in [-0.2, -0.15) is 0 Å². The number of nitrogens with one attached hydrogen (secondary N) is 2. The van der Waals surface area contributed by atoms with Crippen molar-refractivity contribution in [3.8, 4) is 0 Å². The largest absolute Gasteiger partial charge is 0.326 e. The molecule has 1 aliphatic heterocycles. The van der Waals surface area contributed by atoms with E-state index in [0.29, 0.717) is 5.92 Å². The Bertz CT molecular complexity index is 680. The van der Waals surface area contributed by atoms with E-state index in [1.165, 1.54) is 5.56 Å². The first-order chi connectivity index (χ1) is 11.6. The molecule has 3 rings (SSSR count). The van der Waals surface area contributed by atoms with E-state index in [1.54, 1.807) is 11.3 Å². The number of hydrogen-bond donors (Lipinski definition) is 2. The first kappa shape index (κ1) is 22.9. The fraction of sp³-hybridized carbons (Fsp3) is 0.444. The monoisotopic (exact) mass is 416 g/mol. The molecule has 0 radical (unpaired) electrons. The number of anilines is 1. The van der Waals surface area contributed by atoms with Gasteiger partial charge in [0.05, 0.1) is 11.2 Å². The van der Waals surface area contributed by atoms with Crippen LogP contribution in [0.15, 0.2) is 35.2 Å². The van der Waals surface area contributed by atoms with Crippen molar-refractivity contribution in [1.29, 1.82) is 0 Å². The lowest BCUT2D eigenvalue weighted by Crippen LogP contribution is -2.48. The number of benzene rings is 1. The van der Waals surface area contributed by atoms with Crippen LogP contribution < -0.4 is 10.6 Å². The van der Waals surface area contributed by atoms with Crippen LogP contribution in [0.5, 0.6) is 0 Å².